The number of para-hydroxylation sites is 1. The molecule has 0 unspecified atom stereocenters. The molecule has 0 spiro atoms. The van der Waals surface area contributed by atoms with Gasteiger partial charge in [-0.15, -0.1) is 0 Å². The highest BCUT2D eigenvalue weighted by Gasteiger charge is 2.32. The molecule has 174 valence electrons. The maximum absolute atomic E-state index is 12.9. The Hall–Kier alpha value is -3.22. The number of carbonyl (C=O) groups excluding carboxylic acids is 2. The number of rotatable bonds is 7. The largest absolute Gasteiger partial charge is 0.350 e. The molecule has 33 heavy (non-hydrogen) atoms. The zero-order valence-corrected chi connectivity index (χ0v) is 19.6. The number of hydrogen-bond donors (Lipinski definition) is 2. The summed E-state index contributed by atoms with van der Waals surface area (Å²) in [7, 11) is -3.69. The first-order valence-electron chi connectivity index (χ1n) is 11.0. The summed E-state index contributed by atoms with van der Waals surface area (Å²) >= 11 is 0. The van der Waals surface area contributed by atoms with Crippen LogP contribution in [0.3, 0.4) is 0 Å². The molecule has 0 aromatic heterocycles. The van der Waals surface area contributed by atoms with Crippen molar-refractivity contribution in [3.8, 4) is 6.07 Å². The lowest BCUT2D eigenvalue weighted by Crippen LogP contribution is -2.41. The van der Waals surface area contributed by atoms with Crippen LogP contribution in [0.25, 0.3) is 0 Å². The van der Waals surface area contributed by atoms with Crippen molar-refractivity contribution in [2.75, 3.05) is 18.4 Å². The van der Waals surface area contributed by atoms with E-state index in [2.05, 4.69) is 10.6 Å². The number of nitrogens with zero attached hydrogens (tertiary/aromatic N) is 2. The van der Waals surface area contributed by atoms with Gasteiger partial charge in [-0.1, -0.05) is 19.1 Å². The second kappa shape index (κ2) is 10.6. The van der Waals surface area contributed by atoms with E-state index in [-0.39, 0.29) is 41.8 Å². The van der Waals surface area contributed by atoms with Crippen LogP contribution < -0.4 is 10.6 Å². The summed E-state index contributed by atoms with van der Waals surface area (Å²) in [6.07, 6.45) is 1.55. The van der Waals surface area contributed by atoms with Gasteiger partial charge in [-0.2, -0.15) is 9.57 Å². The Morgan fingerprint density at radius 1 is 1.12 bits per heavy atom. The maximum Gasteiger partial charge on any atom is 0.253 e. The minimum absolute atomic E-state index is 0.0173. The summed E-state index contributed by atoms with van der Waals surface area (Å²) in [5, 5.41) is 14.6. The van der Waals surface area contributed by atoms with E-state index in [1.165, 1.54) is 28.6 Å². The number of nitrogens with one attached hydrogen (secondary N) is 2. The first-order valence-corrected chi connectivity index (χ1v) is 12.4. The summed E-state index contributed by atoms with van der Waals surface area (Å²) < 4.78 is 27.1. The zero-order chi connectivity index (χ0) is 24.0. The van der Waals surface area contributed by atoms with E-state index in [9.17, 15) is 18.0 Å². The fourth-order valence-electron chi connectivity index (χ4n) is 3.64. The predicted octanol–water partition coefficient (Wildman–Crippen LogP) is 3.13. The van der Waals surface area contributed by atoms with E-state index in [1.54, 1.807) is 24.3 Å². The molecule has 2 N–H and O–H groups in total. The molecule has 1 aliphatic heterocycles. The molecule has 2 aromatic rings. The molecule has 0 aliphatic carbocycles. The van der Waals surface area contributed by atoms with E-state index in [0.717, 1.165) is 6.42 Å². The molecule has 0 bridgehead atoms. The lowest BCUT2D eigenvalue weighted by molar-refractivity contribution is -0.120. The van der Waals surface area contributed by atoms with Crippen LogP contribution in [0.5, 0.6) is 0 Å². The van der Waals surface area contributed by atoms with E-state index >= 15 is 0 Å². The quantitative estimate of drug-likeness (QED) is 0.647. The van der Waals surface area contributed by atoms with Gasteiger partial charge in [-0.3, -0.25) is 9.59 Å². The third-order valence-electron chi connectivity index (χ3n) is 5.87. The molecule has 0 radical (unpaired) electrons. The van der Waals surface area contributed by atoms with Crippen molar-refractivity contribution >= 4 is 27.5 Å². The Kier molecular flexibility index (Phi) is 7.84. The summed E-state index contributed by atoms with van der Waals surface area (Å²) in [5.74, 6) is -0.833. The second-order valence-corrected chi connectivity index (χ2v) is 10.1. The van der Waals surface area contributed by atoms with Crippen molar-refractivity contribution in [1.82, 2.24) is 9.62 Å². The first kappa shape index (κ1) is 24.4. The third-order valence-corrected chi connectivity index (χ3v) is 7.78. The van der Waals surface area contributed by atoms with Crippen LogP contribution in [0.4, 0.5) is 5.69 Å². The molecule has 2 aromatic carbocycles. The van der Waals surface area contributed by atoms with Gasteiger partial charge in [-0.25, -0.2) is 8.42 Å². The fourth-order valence-corrected chi connectivity index (χ4v) is 5.11. The molecule has 3 rings (SSSR count). The van der Waals surface area contributed by atoms with Gasteiger partial charge in [0.2, 0.25) is 15.9 Å². The van der Waals surface area contributed by atoms with Crippen LogP contribution in [0.1, 0.15) is 49.0 Å². The highest BCUT2D eigenvalue weighted by molar-refractivity contribution is 7.89. The molecule has 1 aliphatic rings. The monoisotopic (exact) mass is 468 g/mol. The minimum Gasteiger partial charge on any atom is -0.350 e. The van der Waals surface area contributed by atoms with Crippen molar-refractivity contribution in [3.05, 3.63) is 59.7 Å². The van der Waals surface area contributed by atoms with Crippen molar-refractivity contribution in [2.45, 2.75) is 44.0 Å². The van der Waals surface area contributed by atoms with Gasteiger partial charge in [0.1, 0.15) is 0 Å². The molecule has 2 amide bonds. The van der Waals surface area contributed by atoms with Gasteiger partial charge < -0.3 is 10.6 Å². The lowest BCUT2D eigenvalue weighted by Gasteiger charge is -2.30. The first-order chi connectivity index (χ1) is 15.8. The molecule has 8 nitrogen and oxygen atoms in total. The van der Waals surface area contributed by atoms with Gasteiger partial charge in [0.15, 0.2) is 0 Å². The Morgan fingerprint density at radius 2 is 1.76 bits per heavy atom. The number of piperidine rings is 1. The van der Waals surface area contributed by atoms with E-state index in [0.29, 0.717) is 29.7 Å². The third kappa shape index (κ3) is 5.78. The topological polar surface area (TPSA) is 119 Å². The Bertz CT molecular complexity index is 1150. The maximum atomic E-state index is 12.9. The van der Waals surface area contributed by atoms with Crippen LogP contribution in [0.15, 0.2) is 53.4 Å². The molecule has 1 fully saturated rings. The van der Waals surface area contributed by atoms with Crippen LogP contribution in [0, 0.1) is 17.2 Å². The number of sulfonamides is 1. The summed E-state index contributed by atoms with van der Waals surface area (Å²) in [6.45, 7) is 4.33. The van der Waals surface area contributed by atoms with Crippen LogP contribution in [0.2, 0.25) is 0 Å². The number of amides is 2. The van der Waals surface area contributed by atoms with Gasteiger partial charge >= 0.3 is 0 Å². The molecular formula is C24H28N4O4S. The summed E-state index contributed by atoms with van der Waals surface area (Å²) in [6, 6.07) is 14.6. The van der Waals surface area contributed by atoms with Gasteiger partial charge in [0, 0.05) is 25.0 Å². The minimum atomic E-state index is -3.69. The zero-order valence-electron chi connectivity index (χ0n) is 18.7. The predicted molar refractivity (Wildman–Crippen MR) is 125 cm³/mol. The van der Waals surface area contributed by atoms with Crippen LogP contribution in [-0.2, 0) is 14.8 Å². The van der Waals surface area contributed by atoms with Gasteiger partial charge in [0.25, 0.3) is 5.91 Å². The molecule has 0 saturated carbocycles. The number of anilines is 1. The molecule has 1 saturated heterocycles. The summed E-state index contributed by atoms with van der Waals surface area (Å²) in [5.41, 5.74) is 1.23. The Labute approximate surface area is 194 Å². The number of nitriles is 1. The van der Waals surface area contributed by atoms with Crippen molar-refractivity contribution in [2.24, 2.45) is 5.92 Å². The smallest absolute Gasteiger partial charge is 0.253 e. The second-order valence-electron chi connectivity index (χ2n) is 8.13. The molecule has 9 heteroatoms. The van der Waals surface area contributed by atoms with Crippen LogP contribution >= 0.6 is 0 Å². The van der Waals surface area contributed by atoms with E-state index < -0.39 is 10.0 Å². The SMILES string of the molecule is CC[C@@H](C)NC(=O)c1ccccc1NC(=O)C1CCN(S(=O)(=O)c2ccc(C#N)cc2)CC1. The summed E-state index contributed by atoms with van der Waals surface area (Å²) in [4.78, 5) is 25.6. The molecule has 1 atom stereocenters. The average molecular weight is 469 g/mol. The highest BCUT2D eigenvalue weighted by Crippen LogP contribution is 2.26. The molecular weight excluding hydrogens is 440 g/mol. The Balaban J connectivity index is 1.63. The van der Waals surface area contributed by atoms with E-state index in [4.69, 9.17) is 5.26 Å². The Morgan fingerprint density at radius 3 is 2.36 bits per heavy atom. The number of carbonyl (C=O) groups is 2. The molecule has 1 heterocycles. The van der Waals surface area contributed by atoms with Crippen molar-refractivity contribution in [1.29, 1.82) is 5.26 Å². The van der Waals surface area contributed by atoms with Gasteiger partial charge in [-0.05, 0) is 62.6 Å². The van der Waals surface area contributed by atoms with Crippen LogP contribution in [-0.4, -0.2) is 43.7 Å². The highest BCUT2D eigenvalue weighted by atomic mass is 32.2. The number of benzene rings is 2. The average Bonchev–Trinajstić information content (AvgIpc) is 2.84. The standard InChI is InChI=1S/C24H28N4O4S/c1-3-17(2)26-24(30)21-6-4-5-7-22(21)27-23(29)19-12-14-28(15-13-19)33(31,32)20-10-8-18(16-25)9-11-20/h4-11,17,19H,3,12-15H2,1-2H3,(H,26,30)(H,27,29)/t17-/m1/s1. The number of hydrogen-bond acceptors (Lipinski definition) is 5. The van der Waals surface area contributed by atoms with Crippen molar-refractivity contribution < 1.29 is 18.0 Å². The lowest BCUT2D eigenvalue weighted by atomic mass is 9.97. The fraction of sp³-hybridized carbons (Fsp3) is 0.375. The van der Waals surface area contributed by atoms with E-state index in [1.807, 2.05) is 19.9 Å². The van der Waals surface area contributed by atoms with Crippen molar-refractivity contribution in [3.63, 3.8) is 0 Å². The normalized spacial score (nSPS) is 15.9. The van der Waals surface area contributed by atoms with Gasteiger partial charge in [0.05, 0.1) is 27.8 Å².